The number of carbonyl (C=O) groups excluding carboxylic acids is 2. The van der Waals surface area contributed by atoms with Crippen LogP contribution in [0.3, 0.4) is 0 Å². The van der Waals surface area contributed by atoms with Gasteiger partial charge in [0, 0.05) is 23.0 Å². The lowest BCUT2D eigenvalue weighted by atomic mass is 10.0. The number of aromatic amines is 1. The van der Waals surface area contributed by atoms with Crippen molar-refractivity contribution in [2.75, 3.05) is 13.2 Å². The molecule has 0 unspecified atom stereocenters. The third-order valence-corrected chi connectivity index (χ3v) is 3.59. The van der Waals surface area contributed by atoms with Gasteiger partial charge in [-0.25, -0.2) is 4.79 Å². The summed E-state index contributed by atoms with van der Waals surface area (Å²) < 4.78 is 10.0. The molecular formula is C18H23NO4. The van der Waals surface area contributed by atoms with Gasteiger partial charge in [0.05, 0.1) is 18.8 Å². The summed E-state index contributed by atoms with van der Waals surface area (Å²) in [5, 5.41) is 0.985. The van der Waals surface area contributed by atoms with Gasteiger partial charge in [0.25, 0.3) is 0 Å². The minimum absolute atomic E-state index is 0.187. The molecular weight excluding hydrogens is 294 g/mol. The van der Waals surface area contributed by atoms with Crippen LogP contribution in [-0.2, 0) is 20.7 Å². The van der Waals surface area contributed by atoms with Crippen LogP contribution >= 0.6 is 0 Å². The Hall–Kier alpha value is -2.30. The molecule has 0 saturated heterocycles. The lowest BCUT2D eigenvalue weighted by Gasteiger charge is -2.08. The van der Waals surface area contributed by atoms with Crippen molar-refractivity contribution in [3.05, 3.63) is 35.0 Å². The van der Waals surface area contributed by atoms with Crippen LogP contribution in [0.4, 0.5) is 0 Å². The lowest BCUT2D eigenvalue weighted by Crippen LogP contribution is -2.06. The number of hydrogen-bond acceptors (Lipinski definition) is 4. The van der Waals surface area contributed by atoms with Crippen molar-refractivity contribution >= 4 is 22.8 Å². The molecule has 1 aromatic heterocycles. The first-order valence-corrected chi connectivity index (χ1v) is 8.00. The van der Waals surface area contributed by atoms with Crippen LogP contribution < -0.4 is 0 Å². The first-order chi connectivity index (χ1) is 11.0. The second kappa shape index (κ2) is 7.81. The molecule has 0 spiro atoms. The van der Waals surface area contributed by atoms with E-state index in [1.807, 2.05) is 25.1 Å². The summed E-state index contributed by atoms with van der Waals surface area (Å²) in [5.41, 5.74) is 3.61. The van der Waals surface area contributed by atoms with Gasteiger partial charge in [-0.2, -0.15) is 0 Å². The van der Waals surface area contributed by atoms with Gasteiger partial charge in [0.15, 0.2) is 0 Å². The molecule has 0 aliphatic rings. The average molecular weight is 317 g/mol. The zero-order valence-corrected chi connectivity index (χ0v) is 13.9. The Bertz CT molecular complexity index is 702. The molecule has 0 amide bonds. The molecule has 124 valence electrons. The zero-order valence-electron chi connectivity index (χ0n) is 13.9. The van der Waals surface area contributed by atoms with Crippen LogP contribution in [0.15, 0.2) is 18.2 Å². The minimum Gasteiger partial charge on any atom is -0.466 e. The van der Waals surface area contributed by atoms with E-state index in [4.69, 9.17) is 9.47 Å². The van der Waals surface area contributed by atoms with Gasteiger partial charge < -0.3 is 14.5 Å². The third kappa shape index (κ3) is 4.34. The van der Waals surface area contributed by atoms with E-state index >= 15 is 0 Å². The van der Waals surface area contributed by atoms with Crippen molar-refractivity contribution < 1.29 is 19.1 Å². The summed E-state index contributed by atoms with van der Waals surface area (Å²) in [5.74, 6) is -0.507. The largest absolute Gasteiger partial charge is 0.466 e. The summed E-state index contributed by atoms with van der Waals surface area (Å²) in [6.45, 7) is 6.31. The molecule has 0 atom stereocenters. The molecule has 0 fully saturated rings. The second-order valence-corrected chi connectivity index (χ2v) is 5.43. The molecule has 2 rings (SSSR count). The first kappa shape index (κ1) is 17.1. The Morgan fingerprint density at radius 1 is 1.09 bits per heavy atom. The summed E-state index contributed by atoms with van der Waals surface area (Å²) in [7, 11) is 0. The highest BCUT2D eigenvalue weighted by Gasteiger charge is 2.13. The number of aryl methyl sites for hydroxylation is 2. The summed E-state index contributed by atoms with van der Waals surface area (Å²) in [6, 6.07) is 5.69. The van der Waals surface area contributed by atoms with Gasteiger partial charge in [-0.05, 0) is 57.4 Å². The van der Waals surface area contributed by atoms with Gasteiger partial charge in [-0.15, -0.1) is 0 Å². The third-order valence-electron chi connectivity index (χ3n) is 3.59. The van der Waals surface area contributed by atoms with Crippen LogP contribution in [-0.4, -0.2) is 30.1 Å². The van der Waals surface area contributed by atoms with E-state index in [0.29, 0.717) is 38.0 Å². The maximum absolute atomic E-state index is 12.0. The highest BCUT2D eigenvalue weighted by Crippen LogP contribution is 2.24. The molecule has 2 aromatic rings. The number of esters is 2. The van der Waals surface area contributed by atoms with Crippen molar-refractivity contribution in [1.82, 2.24) is 4.98 Å². The van der Waals surface area contributed by atoms with Gasteiger partial charge in [-0.1, -0.05) is 0 Å². The maximum Gasteiger partial charge on any atom is 0.338 e. The molecule has 1 N–H and O–H groups in total. The standard InChI is InChI=1S/C18H23NO4/c1-4-22-16(20)8-6-7-13-10-15(18(21)23-5-2)11-14-9-12(3)19-17(13)14/h9-11,19H,4-8H2,1-3H3. The van der Waals surface area contributed by atoms with Crippen LogP contribution in [0.25, 0.3) is 10.9 Å². The quantitative estimate of drug-likeness (QED) is 0.793. The Labute approximate surface area is 136 Å². The van der Waals surface area contributed by atoms with E-state index in [9.17, 15) is 9.59 Å². The molecule has 23 heavy (non-hydrogen) atoms. The molecule has 5 nitrogen and oxygen atoms in total. The van der Waals surface area contributed by atoms with Crippen LogP contribution in [0.1, 0.15) is 48.3 Å². The van der Waals surface area contributed by atoms with Crippen molar-refractivity contribution in [3.8, 4) is 0 Å². The van der Waals surface area contributed by atoms with E-state index in [-0.39, 0.29) is 11.9 Å². The van der Waals surface area contributed by atoms with Crippen molar-refractivity contribution in [2.24, 2.45) is 0 Å². The molecule has 0 aliphatic carbocycles. The first-order valence-electron chi connectivity index (χ1n) is 8.00. The normalized spacial score (nSPS) is 10.7. The number of H-pyrrole nitrogens is 1. The summed E-state index contributed by atoms with van der Waals surface area (Å²) in [4.78, 5) is 26.8. The predicted octanol–water partition coefficient (Wildman–Crippen LogP) is 3.54. The van der Waals surface area contributed by atoms with Crippen LogP contribution in [0.2, 0.25) is 0 Å². The molecule has 5 heteroatoms. The van der Waals surface area contributed by atoms with Gasteiger partial charge in [0.1, 0.15) is 0 Å². The molecule has 1 aromatic carbocycles. The van der Waals surface area contributed by atoms with Crippen LogP contribution in [0.5, 0.6) is 0 Å². The summed E-state index contributed by atoms with van der Waals surface area (Å²) in [6.07, 6.45) is 1.75. The number of rotatable bonds is 7. The smallest absolute Gasteiger partial charge is 0.338 e. The number of aromatic nitrogens is 1. The van der Waals surface area contributed by atoms with Gasteiger partial charge >= 0.3 is 11.9 Å². The van der Waals surface area contributed by atoms with Crippen molar-refractivity contribution in [1.29, 1.82) is 0 Å². The fraction of sp³-hybridized carbons (Fsp3) is 0.444. The second-order valence-electron chi connectivity index (χ2n) is 5.43. The predicted molar refractivity (Wildman–Crippen MR) is 88.6 cm³/mol. The summed E-state index contributed by atoms with van der Waals surface area (Å²) >= 11 is 0. The Balaban J connectivity index is 2.22. The number of fused-ring (bicyclic) bond motifs is 1. The highest BCUT2D eigenvalue weighted by atomic mass is 16.5. The molecule has 0 saturated carbocycles. The van der Waals surface area contributed by atoms with E-state index in [2.05, 4.69) is 4.98 Å². The Morgan fingerprint density at radius 2 is 1.83 bits per heavy atom. The molecule has 0 radical (unpaired) electrons. The van der Waals surface area contributed by atoms with Crippen molar-refractivity contribution in [2.45, 2.75) is 40.0 Å². The molecule has 0 bridgehead atoms. The Morgan fingerprint density at radius 3 is 2.52 bits per heavy atom. The van der Waals surface area contributed by atoms with E-state index < -0.39 is 0 Å². The van der Waals surface area contributed by atoms with Crippen molar-refractivity contribution in [3.63, 3.8) is 0 Å². The highest BCUT2D eigenvalue weighted by molar-refractivity contribution is 5.96. The number of benzene rings is 1. The molecule has 1 heterocycles. The number of nitrogens with one attached hydrogen (secondary N) is 1. The average Bonchev–Trinajstić information content (AvgIpc) is 2.88. The fourth-order valence-electron chi connectivity index (χ4n) is 2.65. The number of ether oxygens (including phenoxy) is 2. The van der Waals surface area contributed by atoms with E-state index in [0.717, 1.165) is 22.2 Å². The van der Waals surface area contributed by atoms with E-state index in [1.165, 1.54) is 0 Å². The fourth-order valence-corrected chi connectivity index (χ4v) is 2.65. The topological polar surface area (TPSA) is 68.4 Å². The van der Waals surface area contributed by atoms with Gasteiger partial charge in [0.2, 0.25) is 0 Å². The number of carbonyl (C=O) groups is 2. The Kier molecular flexibility index (Phi) is 5.79. The SMILES string of the molecule is CCOC(=O)CCCc1cc(C(=O)OCC)cc2cc(C)[nH]c12. The zero-order chi connectivity index (χ0) is 16.8. The number of hydrogen-bond donors (Lipinski definition) is 1. The lowest BCUT2D eigenvalue weighted by molar-refractivity contribution is -0.143. The maximum atomic E-state index is 12.0. The van der Waals surface area contributed by atoms with E-state index in [1.54, 1.807) is 13.8 Å². The monoisotopic (exact) mass is 317 g/mol. The molecule has 0 aliphatic heterocycles. The van der Waals surface area contributed by atoms with Crippen LogP contribution in [0, 0.1) is 6.92 Å². The van der Waals surface area contributed by atoms with Gasteiger partial charge in [-0.3, -0.25) is 4.79 Å². The minimum atomic E-state index is -0.320.